The van der Waals surface area contributed by atoms with E-state index in [-0.39, 0.29) is 11.9 Å². The lowest BCUT2D eigenvalue weighted by Gasteiger charge is -2.19. The maximum atomic E-state index is 12.5. The van der Waals surface area contributed by atoms with Crippen LogP contribution in [0.5, 0.6) is 0 Å². The molecule has 0 saturated carbocycles. The smallest absolute Gasteiger partial charge is 0.322 e. The number of carbonyl (C=O) groups excluding carboxylic acids is 2. The first-order valence-electron chi connectivity index (χ1n) is 6.08. The molecule has 3 rings (SSSR count). The average molecular weight is 341 g/mol. The van der Waals surface area contributed by atoms with E-state index in [4.69, 9.17) is 0 Å². The summed E-state index contributed by atoms with van der Waals surface area (Å²) in [6.45, 7) is 0.318. The van der Waals surface area contributed by atoms with Crippen LogP contribution in [0.2, 0.25) is 0 Å². The van der Waals surface area contributed by atoms with E-state index in [0.717, 1.165) is 22.2 Å². The van der Waals surface area contributed by atoms with Crippen LogP contribution in [0.1, 0.15) is 12.0 Å². The standard InChI is InChI=1S/C13H13BrN2O2S/c14-10-4-2-1-3-9(10)7-16-11(17)13(15-12(16)18)5-6-19-8-13/h1-4H,5-8H2,(H,15,18). The van der Waals surface area contributed by atoms with Gasteiger partial charge in [-0.05, 0) is 23.8 Å². The summed E-state index contributed by atoms with van der Waals surface area (Å²) in [6.07, 6.45) is 0.731. The molecule has 3 amide bonds. The van der Waals surface area contributed by atoms with Gasteiger partial charge in [-0.3, -0.25) is 9.69 Å². The summed E-state index contributed by atoms with van der Waals surface area (Å²) >= 11 is 5.16. The molecule has 1 spiro atoms. The highest BCUT2D eigenvalue weighted by Crippen LogP contribution is 2.34. The van der Waals surface area contributed by atoms with Gasteiger partial charge in [-0.1, -0.05) is 34.1 Å². The molecule has 4 nitrogen and oxygen atoms in total. The Morgan fingerprint density at radius 3 is 2.84 bits per heavy atom. The van der Waals surface area contributed by atoms with Gasteiger partial charge >= 0.3 is 6.03 Å². The average Bonchev–Trinajstić information content (AvgIpc) is 2.94. The van der Waals surface area contributed by atoms with Crippen LogP contribution in [0.15, 0.2) is 28.7 Å². The van der Waals surface area contributed by atoms with Gasteiger partial charge in [-0.15, -0.1) is 0 Å². The van der Waals surface area contributed by atoms with Crippen LogP contribution in [0.25, 0.3) is 0 Å². The molecule has 1 atom stereocenters. The summed E-state index contributed by atoms with van der Waals surface area (Å²) in [4.78, 5) is 25.8. The lowest BCUT2D eigenvalue weighted by atomic mass is 9.99. The number of rotatable bonds is 2. The fourth-order valence-electron chi connectivity index (χ4n) is 2.45. The van der Waals surface area contributed by atoms with Crippen LogP contribution >= 0.6 is 27.7 Å². The summed E-state index contributed by atoms with van der Waals surface area (Å²) in [5, 5.41) is 2.87. The number of nitrogens with one attached hydrogen (secondary N) is 1. The van der Waals surface area contributed by atoms with Crippen LogP contribution in [0, 0.1) is 0 Å². The fraction of sp³-hybridized carbons (Fsp3) is 0.385. The van der Waals surface area contributed by atoms with Crippen LogP contribution in [0.4, 0.5) is 4.79 Å². The molecule has 0 bridgehead atoms. The van der Waals surface area contributed by atoms with Gasteiger partial charge in [0.15, 0.2) is 0 Å². The van der Waals surface area contributed by atoms with Crippen molar-refractivity contribution in [1.29, 1.82) is 0 Å². The van der Waals surface area contributed by atoms with Gasteiger partial charge < -0.3 is 5.32 Å². The van der Waals surface area contributed by atoms with E-state index in [9.17, 15) is 9.59 Å². The molecule has 2 heterocycles. The SMILES string of the molecule is O=C1NC2(CCSC2)C(=O)N1Cc1ccccc1Br. The number of urea groups is 1. The first-order valence-corrected chi connectivity index (χ1v) is 8.02. The number of imide groups is 1. The number of hydrogen-bond acceptors (Lipinski definition) is 3. The van der Waals surface area contributed by atoms with Crippen LogP contribution in [-0.4, -0.2) is 33.9 Å². The van der Waals surface area contributed by atoms with Crippen molar-refractivity contribution in [3.05, 3.63) is 34.3 Å². The topological polar surface area (TPSA) is 49.4 Å². The molecule has 2 aliphatic heterocycles. The second-order valence-electron chi connectivity index (χ2n) is 4.80. The molecule has 0 aliphatic carbocycles. The molecule has 1 aromatic rings. The van der Waals surface area contributed by atoms with Gasteiger partial charge in [0, 0.05) is 10.2 Å². The Labute approximate surface area is 124 Å². The number of nitrogens with zero attached hydrogens (tertiary/aromatic N) is 1. The van der Waals surface area contributed by atoms with Crippen molar-refractivity contribution >= 4 is 39.6 Å². The van der Waals surface area contributed by atoms with E-state index < -0.39 is 5.54 Å². The quantitative estimate of drug-likeness (QED) is 0.841. The van der Waals surface area contributed by atoms with Crippen molar-refractivity contribution in [2.45, 2.75) is 18.5 Å². The molecular weight excluding hydrogens is 328 g/mol. The van der Waals surface area contributed by atoms with E-state index in [0.29, 0.717) is 12.3 Å². The van der Waals surface area contributed by atoms with Crippen molar-refractivity contribution in [3.63, 3.8) is 0 Å². The predicted octanol–water partition coefficient (Wildman–Crippen LogP) is 2.38. The van der Waals surface area contributed by atoms with E-state index in [1.165, 1.54) is 4.90 Å². The second-order valence-corrected chi connectivity index (χ2v) is 6.76. The van der Waals surface area contributed by atoms with E-state index in [1.54, 1.807) is 11.8 Å². The van der Waals surface area contributed by atoms with Gasteiger partial charge in [0.1, 0.15) is 5.54 Å². The molecule has 2 fully saturated rings. The molecule has 100 valence electrons. The van der Waals surface area contributed by atoms with Crippen LogP contribution in [-0.2, 0) is 11.3 Å². The molecule has 6 heteroatoms. The Bertz CT molecular complexity index is 543. The lowest BCUT2D eigenvalue weighted by molar-refractivity contribution is -0.130. The van der Waals surface area contributed by atoms with E-state index in [2.05, 4.69) is 21.2 Å². The van der Waals surface area contributed by atoms with E-state index >= 15 is 0 Å². The monoisotopic (exact) mass is 340 g/mol. The zero-order valence-corrected chi connectivity index (χ0v) is 12.6. The third-order valence-corrected chi connectivity index (χ3v) is 5.52. The minimum atomic E-state index is -0.650. The van der Waals surface area contributed by atoms with Crippen molar-refractivity contribution in [2.75, 3.05) is 11.5 Å². The summed E-state index contributed by atoms with van der Waals surface area (Å²) in [6, 6.07) is 7.37. The Balaban J connectivity index is 1.84. The molecule has 2 aliphatic rings. The summed E-state index contributed by atoms with van der Waals surface area (Å²) in [5.41, 5.74) is 0.289. The largest absolute Gasteiger partial charge is 0.325 e. The van der Waals surface area contributed by atoms with Gasteiger partial charge in [-0.2, -0.15) is 11.8 Å². The third kappa shape index (κ3) is 2.17. The zero-order valence-electron chi connectivity index (χ0n) is 10.2. The minimum Gasteiger partial charge on any atom is -0.322 e. The maximum Gasteiger partial charge on any atom is 0.325 e. The van der Waals surface area contributed by atoms with Crippen molar-refractivity contribution in [2.24, 2.45) is 0 Å². The van der Waals surface area contributed by atoms with Crippen LogP contribution < -0.4 is 5.32 Å². The summed E-state index contributed by atoms with van der Waals surface area (Å²) < 4.78 is 0.914. The number of halogens is 1. The molecule has 2 saturated heterocycles. The minimum absolute atomic E-state index is 0.0850. The first kappa shape index (κ1) is 13.0. The van der Waals surface area contributed by atoms with Crippen molar-refractivity contribution < 1.29 is 9.59 Å². The molecule has 0 aromatic heterocycles. The zero-order chi connectivity index (χ0) is 13.5. The number of hydrogen-bond donors (Lipinski definition) is 1. The van der Waals surface area contributed by atoms with Crippen molar-refractivity contribution in [3.8, 4) is 0 Å². The normalized spacial score (nSPS) is 26.3. The Hall–Kier alpha value is -1.01. The Morgan fingerprint density at radius 2 is 2.16 bits per heavy atom. The molecule has 1 unspecified atom stereocenters. The Morgan fingerprint density at radius 1 is 1.37 bits per heavy atom. The maximum absolute atomic E-state index is 12.5. The molecule has 0 radical (unpaired) electrons. The van der Waals surface area contributed by atoms with Crippen molar-refractivity contribution in [1.82, 2.24) is 10.2 Å². The molecule has 1 N–H and O–H groups in total. The fourth-order valence-corrected chi connectivity index (χ4v) is 4.18. The third-order valence-electron chi connectivity index (χ3n) is 3.55. The number of benzene rings is 1. The Kier molecular flexibility index (Phi) is 3.30. The highest BCUT2D eigenvalue weighted by Gasteiger charge is 2.52. The van der Waals surface area contributed by atoms with Gasteiger partial charge in [0.2, 0.25) is 0 Å². The lowest BCUT2D eigenvalue weighted by Crippen LogP contribution is -2.46. The van der Waals surface area contributed by atoms with E-state index in [1.807, 2.05) is 24.3 Å². The second kappa shape index (κ2) is 4.83. The van der Waals surface area contributed by atoms with Crippen LogP contribution in [0.3, 0.4) is 0 Å². The van der Waals surface area contributed by atoms with Gasteiger partial charge in [0.05, 0.1) is 6.54 Å². The summed E-state index contributed by atoms with van der Waals surface area (Å²) in [5.74, 6) is 1.53. The number of thioether (sulfide) groups is 1. The highest BCUT2D eigenvalue weighted by atomic mass is 79.9. The molecule has 19 heavy (non-hydrogen) atoms. The summed E-state index contributed by atoms with van der Waals surface area (Å²) in [7, 11) is 0. The molecular formula is C13H13BrN2O2S. The number of amides is 3. The predicted molar refractivity (Wildman–Crippen MR) is 77.9 cm³/mol. The first-order chi connectivity index (χ1) is 9.12. The van der Waals surface area contributed by atoms with Gasteiger partial charge in [0.25, 0.3) is 5.91 Å². The highest BCUT2D eigenvalue weighted by molar-refractivity contribution is 9.10. The van der Waals surface area contributed by atoms with Gasteiger partial charge in [-0.25, -0.2) is 4.79 Å². The molecule has 1 aromatic carbocycles. The number of carbonyl (C=O) groups is 2.